The van der Waals surface area contributed by atoms with Crippen molar-refractivity contribution in [1.82, 2.24) is 9.71 Å². The fourth-order valence-corrected chi connectivity index (χ4v) is 2.76. The van der Waals surface area contributed by atoms with Gasteiger partial charge in [0.2, 0.25) is 10.0 Å². The lowest BCUT2D eigenvalue weighted by Gasteiger charge is -2.10. The van der Waals surface area contributed by atoms with Gasteiger partial charge in [-0.15, -0.1) is 0 Å². The first kappa shape index (κ1) is 15.3. The zero-order valence-corrected chi connectivity index (χ0v) is 11.5. The number of nitrogen functional groups attached to an aromatic ring is 1. The molecule has 0 saturated heterocycles. The maximum Gasteiger partial charge on any atom is 0.244 e. The maximum absolute atomic E-state index is 13.1. The van der Waals surface area contributed by atoms with Crippen LogP contribution in [0.2, 0.25) is 0 Å². The van der Waals surface area contributed by atoms with Crippen LogP contribution in [0.4, 0.5) is 14.6 Å². The smallest absolute Gasteiger partial charge is 0.244 e. The van der Waals surface area contributed by atoms with Crippen molar-refractivity contribution in [3.05, 3.63) is 53.7 Å². The van der Waals surface area contributed by atoms with E-state index in [4.69, 9.17) is 5.84 Å². The van der Waals surface area contributed by atoms with E-state index < -0.39 is 21.7 Å². The van der Waals surface area contributed by atoms with Gasteiger partial charge in [-0.1, -0.05) is 6.07 Å². The Kier molecular flexibility index (Phi) is 4.46. The van der Waals surface area contributed by atoms with E-state index in [1.165, 1.54) is 24.4 Å². The van der Waals surface area contributed by atoms with E-state index in [2.05, 4.69) is 15.1 Å². The van der Waals surface area contributed by atoms with Gasteiger partial charge in [0, 0.05) is 12.7 Å². The summed E-state index contributed by atoms with van der Waals surface area (Å²) in [5.41, 5.74) is 2.46. The molecule has 6 nitrogen and oxygen atoms in total. The second kappa shape index (κ2) is 6.12. The normalized spacial score (nSPS) is 11.4. The molecule has 0 amide bonds. The Balaban J connectivity index is 2.20. The molecular weight excluding hydrogens is 302 g/mol. The first-order valence-corrected chi connectivity index (χ1v) is 7.27. The lowest BCUT2D eigenvalue weighted by atomic mass is 10.2. The molecule has 0 aliphatic rings. The molecule has 0 radical (unpaired) electrons. The molecule has 1 heterocycles. The van der Waals surface area contributed by atoms with E-state index in [0.29, 0.717) is 0 Å². The number of hydrogen-bond donors (Lipinski definition) is 3. The number of hydrogen-bond acceptors (Lipinski definition) is 5. The summed E-state index contributed by atoms with van der Waals surface area (Å²) in [6.45, 7) is -0.196. The maximum atomic E-state index is 13.1. The second-order valence-corrected chi connectivity index (χ2v) is 5.80. The highest BCUT2D eigenvalue weighted by Gasteiger charge is 2.18. The van der Waals surface area contributed by atoms with Crippen molar-refractivity contribution < 1.29 is 17.2 Å². The Morgan fingerprint density at radius 2 is 1.95 bits per heavy atom. The molecule has 1 aromatic heterocycles. The molecule has 0 atom stereocenters. The number of rotatable bonds is 5. The third kappa shape index (κ3) is 3.51. The number of benzene rings is 1. The van der Waals surface area contributed by atoms with Gasteiger partial charge in [0.25, 0.3) is 0 Å². The highest BCUT2D eigenvalue weighted by atomic mass is 32.2. The Bertz CT molecular complexity index is 753. The Hall–Kier alpha value is -2.10. The predicted molar refractivity (Wildman–Crippen MR) is 72.4 cm³/mol. The number of pyridine rings is 1. The van der Waals surface area contributed by atoms with Crippen LogP contribution in [0.1, 0.15) is 5.56 Å². The summed E-state index contributed by atoms with van der Waals surface area (Å²) in [6.07, 6.45) is 1.38. The third-order valence-corrected chi connectivity index (χ3v) is 4.08. The van der Waals surface area contributed by atoms with Crippen molar-refractivity contribution in [2.75, 3.05) is 5.43 Å². The summed E-state index contributed by atoms with van der Waals surface area (Å²) >= 11 is 0. The third-order valence-electron chi connectivity index (χ3n) is 2.65. The molecule has 0 aliphatic heterocycles. The van der Waals surface area contributed by atoms with Crippen molar-refractivity contribution in [3.8, 4) is 0 Å². The number of hydrazine groups is 1. The Morgan fingerprint density at radius 1 is 1.19 bits per heavy atom. The first-order chi connectivity index (χ1) is 9.94. The van der Waals surface area contributed by atoms with E-state index in [1.54, 1.807) is 0 Å². The Morgan fingerprint density at radius 3 is 2.62 bits per heavy atom. The van der Waals surface area contributed by atoms with Gasteiger partial charge in [0.1, 0.15) is 4.90 Å². The van der Waals surface area contributed by atoms with Gasteiger partial charge in [0.05, 0.1) is 0 Å². The largest absolute Gasteiger partial charge is 0.307 e. The van der Waals surface area contributed by atoms with Crippen molar-refractivity contribution in [2.45, 2.75) is 11.4 Å². The summed E-state index contributed by atoms with van der Waals surface area (Å²) in [4.78, 5) is 3.64. The van der Waals surface area contributed by atoms with Gasteiger partial charge in [-0.25, -0.2) is 32.7 Å². The lowest BCUT2D eigenvalue weighted by Crippen LogP contribution is -2.25. The minimum absolute atomic E-state index is 0.0183. The van der Waals surface area contributed by atoms with Gasteiger partial charge >= 0.3 is 0 Å². The molecule has 0 saturated carbocycles. The van der Waals surface area contributed by atoms with Crippen molar-refractivity contribution in [1.29, 1.82) is 0 Å². The lowest BCUT2D eigenvalue weighted by molar-refractivity contribution is 0.506. The summed E-state index contributed by atoms with van der Waals surface area (Å²) in [6, 6.07) is 5.88. The van der Waals surface area contributed by atoms with Gasteiger partial charge in [0.15, 0.2) is 17.5 Å². The molecule has 0 aliphatic carbocycles. The van der Waals surface area contributed by atoms with Crippen molar-refractivity contribution >= 4 is 15.8 Å². The molecule has 0 spiro atoms. The van der Waals surface area contributed by atoms with Crippen LogP contribution in [-0.2, 0) is 16.6 Å². The fraction of sp³-hybridized carbons (Fsp3) is 0.0833. The fourth-order valence-electron chi connectivity index (χ4n) is 1.62. The number of halogens is 2. The van der Waals surface area contributed by atoms with E-state index in [0.717, 1.165) is 12.1 Å². The molecule has 9 heteroatoms. The number of sulfonamides is 1. The van der Waals surface area contributed by atoms with Gasteiger partial charge < -0.3 is 5.43 Å². The molecule has 21 heavy (non-hydrogen) atoms. The zero-order valence-electron chi connectivity index (χ0n) is 10.7. The minimum atomic E-state index is -3.90. The van der Waals surface area contributed by atoms with Crippen LogP contribution >= 0.6 is 0 Å². The molecule has 2 rings (SSSR count). The van der Waals surface area contributed by atoms with Crippen LogP contribution in [0.3, 0.4) is 0 Å². The molecule has 112 valence electrons. The van der Waals surface area contributed by atoms with E-state index in [9.17, 15) is 17.2 Å². The summed E-state index contributed by atoms with van der Waals surface area (Å²) in [5.74, 6) is 3.14. The van der Waals surface area contributed by atoms with Gasteiger partial charge in [-0.05, 0) is 29.8 Å². The number of nitrogens with two attached hydrogens (primary N) is 1. The van der Waals surface area contributed by atoms with E-state index >= 15 is 0 Å². The Labute approximate surface area is 120 Å². The van der Waals surface area contributed by atoms with E-state index in [1.807, 2.05) is 0 Å². The number of aromatic nitrogens is 1. The van der Waals surface area contributed by atoms with Crippen LogP contribution in [-0.4, -0.2) is 13.4 Å². The number of nitrogens with zero attached hydrogens (tertiary/aromatic N) is 1. The number of nitrogens with one attached hydrogen (secondary N) is 2. The average molecular weight is 314 g/mol. The highest BCUT2D eigenvalue weighted by molar-refractivity contribution is 7.89. The van der Waals surface area contributed by atoms with Crippen LogP contribution in [0.5, 0.6) is 0 Å². The highest BCUT2D eigenvalue weighted by Crippen LogP contribution is 2.17. The first-order valence-electron chi connectivity index (χ1n) is 5.79. The van der Waals surface area contributed by atoms with Crippen molar-refractivity contribution in [3.63, 3.8) is 0 Å². The monoisotopic (exact) mass is 314 g/mol. The van der Waals surface area contributed by atoms with Crippen LogP contribution < -0.4 is 16.0 Å². The molecule has 0 bridgehead atoms. The minimum Gasteiger partial charge on any atom is -0.307 e. The molecular formula is C12H12F2N4O2S. The van der Waals surface area contributed by atoms with Crippen LogP contribution in [0.25, 0.3) is 0 Å². The summed E-state index contributed by atoms with van der Waals surface area (Å²) in [7, 11) is -3.90. The van der Waals surface area contributed by atoms with Crippen molar-refractivity contribution in [2.24, 2.45) is 5.84 Å². The zero-order chi connectivity index (χ0) is 15.5. The second-order valence-electron chi connectivity index (χ2n) is 4.07. The summed E-state index contributed by atoms with van der Waals surface area (Å²) in [5, 5.41) is 0. The van der Waals surface area contributed by atoms with E-state index in [-0.39, 0.29) is 22.8 Å². The average Bonchev–Trinajstić information content (AvgIpc) is 2.48. The number of anilines is 1. The topological polar surface area (TPSA) is 97.1 Å². The van der Waals surface area contributed by atoms with Gasteiger partial charge in [-0.2, -0.15) is 0 Å². The van der Waals surface area contributed by atoms with Crippen LogP contribution in [0.15, 0.2) is 41.4 Å². The standard InChI is InChI=1S/C12H12F2N4O2S/c13-9-4-3-8(6-10(9)14)7-17-21(19,20)11-2-1-5-16-12(11)18-15/h1-6,17H,7,15H2,(H,16,18). The molecule has 1 aromatic carbocycles. The SMILES string of the molecule is NNc1ncccc1S(=O)(=O)NCc1ccc(F)c(F)c1. The molecule has 0 fully saturated rings. The molecule has 0 unspecified atom stereocenters. The quantitative estimate of drug-likeness (QED) is 0.568. The summed E-state index contributed by atoms with van der Waals surface area (Å²) < 4.78 is 52.4. The molecule has 2 aromatic rings. The van der Waals surface area contributed by atoms with Gasteiger partial charge in [-0.3, -0.25) is 0 Å². The molecule has 4 N–H and O–H groups in total. The predicted octanol–water partition coefficient (Wildman–Crippen LogP) is 1.12. The van der Waals surface area contributed by atoms with Crippen LogP contribution in [0, 0.1) is 11.6 Å².